The Morgan fingerprint density at radius 3 is 2.60 bits per heavy atom. The van der Waals surface area contributed by atoms with Gasteiger partial charge in [-0.15, -0.1) is 0 Å². The third kappa shape index (κ3) is 3.60. The van der Waals surface area contributed by atoms with Crippen LogP contribution in [0.4, 0.5) is 14.5 Å². The molecule has 8 nitrogen and oxygen atoms in total. The Kier molecular flexibility index (Phi) is 5.32. The van der Waals surface area contributed by atoms with Crippen LogP contribution in [0.2, 0.25) is 0 Å². The molecule has 0 aromatic heterocycles. The lowest BCUT2D eigenvalue weighted by Crippen LogP contribution is -2.20. The molecule has 1 aromatic carbocycles. The van der Waals surface area contributed by atoms with E-state index >= 15 is 0 Å². The second-order valence-corrected chi connectivity index (χ2v) is 3.84. The first-order chi connectivity index (χ1) is 9.38. The molecule has 0 amide bonds. The molecule has 0 spiro atoms. The molecule has 0 saturated carbocycles. The zero-order chi connectivity index (χ0) is 15.3. The molecule has 0 aliphatic heterocycles. The summed E-state index contributed by atoms with van der Waals surface area (Å²) < 4.78 is 26.6. The molecule has 0 fully saturated rings. The van der Waals surface area contributed by atoms with Crippen molar-refractivity contribution in [2.75, 3.05) is 6.54 Å². The van der Waals surface area contributed by atoms with Gasteiger partial charge in [-0.3, -0.25) is 10.1 Å². The highest BCUT2D eigenvalue weighted by Crippen LogP contribution is 2.28. The van der Waals surface area contributed by atoms with E-state index in [0.717, 1.165) is 0 Å². The number of nitro groups is 1. The van der Waals surface area contributed by atoms with Crippen molar-refractivity contribution < 1.29 is 23.9 Å². The Labute approximate surface area is 111 Å². The van der Waals surface area contributed by atoms with Crippen molar-refractivity contribution in [1.82, 2.24) is 0 Å². The number of aliphatic hydroxyl groups is 2. The first-order valence-corrected chi connectivity index (χ1v) is 5.38. The van der Waals surface area contributed by atoms with Gasteiger partial charge in [0.05, 0.1) is 11.0 Å². The number of nitrogens with zero attached hydrogens (tertiary/aromatic N) is 4. The molecule has 0 heterocycles. The lowest BCUT2D eigenvalue weighted by Gasteiger charge is -2.17. The van der Waals surface area contributed by atoms with E-state index in [1.807, 2.05) is 0 Å². The molecule has 2 atom stereocenters. The zero-order valence-corrected chi connectivity index (χ0v) is 9.98. The second-order valence-electron chi connectivity index (χ2n) is 3.84. The van der Waals surface area contributed by atoms with Crippen LogP contribution in [-0.2, 0) is 0 Å². The first kappa shape index (κ1) is 15.8. The SMILES string of the molecule is [N-]=[N+]=NCCC(O)C(O)c1cc([N+](=O)[O-])c(F)cc1F. The average molecular weight is 288 g/mol. The minimum absolute atomic E-state index is 0.153. The molecule has 10 heteroatoms. The number of halogens is 2. The van der Waals surface area contributed by atoms with Gasteiger partial charge in [-0.1, -0.05) is 5.11 Å². The van der Waals surface area contributed by atoms with E-state index in [-0.39, 0.29) is 19.0 Å². The zero-order valence-electron chi connectivity index (χ0n) is 9.98. The fraction of sp³-hybridized carbons (Fsp3) is 0.400. The Morgan fingerprint density at radius 2 is 2.05 bits per heavy atom. The van der Waals surface area contributed by atoms with E-state index in [1.54, 1.807) is 0 Å². The molecule has 0 aliphatic rings. The van der Waals surface area contributed by atoms with Crippen molar-refractivity contribution in [2.45, 2.75) is 18.6 Å². The van der Waals surface area contributed by atoms with Gasteiger partial charge in [-0.25, -0.2) is 4.39 Å². The van der Waals surface area contributed by atoms with E-state index < -0.39 is 40.0 Å². The molecular weight excluding hydrogens is 278 g/mol. The number of nitro benzene ring substituents is 1. The molecule has 0 saturated heterocycles. The van der Waals surface area contributed by atoms with Crippen molar-refractivity contribution in [1.29, 1.82) is 0 Å². The quantitative estimate of drug-likeness (QED) is 0.272. The van der Waals surface area contributed by atoms with Gasteiger partial charge in [-0.2, -0.15) is 4.39 Å². The van der Waals surface area contributed by atoms with Crippen LogP contribution >= 0.6 is 0 Å². The average Bonchev–Trinajstić information content (AvgIpc) is 2.37. The highest BCUT2D eigenvalue weighted by Gasteiger charge is 2.26. The Bertz CT molecular complexity index is 562. The number of hydrogen-bond acceptors (Lipinski definition) is 5. The van der Waals surface area contributed by atoms with Gasteiger partial charge < -0.3 is 10.2 Å². The van der Waals surface area contributed by atoms with E-state index in [0.29, 0.717) is 6.07 Å². The monoisotopic (exact) mass is 288 g/mol. The van der Waals surface area contributed by atoms with Crippen LogP contribution in [0.5, 0.6) is 0 Å². The van der Waals surface area contributed by atoms with Gasteiger partial charge in [0.25, 0.3) is 0 Å². The molecule has 0 radical (unpaired) electrons. The predicted molar refractivity (Wildman–Crippen MR) is 62.6 cm³/mol. The molecule has 1 aromatic rings. The van der Waals surface area contributed by atoms with Crippen molar-refractivity contribution >= 4 is 5.69 Å². The number of azide groups is 1. The molecule has 20 heavy (non-hydrogen) atoms. The summed E-state index contributed by atoms with van der Waals surface area (Å²) in [6, 6.07) is 0.781. The van der Waals surface area contributed by atoms with Crippen LogP contribution in [-0.4, -0.2) is 27.8 Å². The van der Waals surface area contributed by atoms with Gasteiger partial charge in [0.1, 0.15) is 11.9 Å². The van der Waals surface area contributed by atoms with Crippen LogP contribution in [0.15, 0.2) is 17.2 Å². The third-order valence-electron chi connectivity index (χ3n) is 2.53. The van der Waals surface area contributed by atoms with E-state index in [9.17, 15) is 29.1 Å². The van der Waals surface area contributed by atoms with Gasteiger partial charge in [0.2, 0.25) is 5.82 Å². The molecule has 2 unspecified atom stereocenters. The van der Waals surface area contributed by atoms with E-state index in [2.05, 4.69) is 10.0 Å². The van der Waals surface area contributed by atoms with Crippen LogP contribution in [0.25, 0.3) is 10.4 Å². The fourth-order valence-electron chi connectivity index (χ4n) is 1.52. The number of aliphatic hydroxyl groups excluding tert-OH is 2. The van der Waals surface area contributed by atoms with E-state index in [4.69, 9.17) is 5.53 Å². The van der Waals surface area contributed by atoms with Gasteiger partial charge in [-0.05, 0) is 12.0 Å². The maximum atomic E-state index is 13.5. The normalized spacial score (nSPS) is 13.4. The molecular formula is C10H10F2N4O4. The largest absolute Gasteiger partial charge is 0.390 e. The highest BCUT2D eigenvalue weighted by molar-refractivity contribution is 5.38. The minimum atomic E-state index is -1.80. The molecule has 0 aliphatic carbocycles. The smallest absolute Gasteiger partial charge is 0.305 e. The lowest BCUT2D eigenvalue weighted by atomic mass is 10.0. The lowest BCUT2D eigenvalue weighted by molar-refractivity contribution is -0.387. The van der Waals surface area contributed by atoms with Crippen LogP contribution < -0.4 is 0 Å². The maximum Gasteiger partial charge on any atom is 0.305 e. The summed E-state index contributed by atoms with van der Waals surface area (Å²) in [5.74, 6) is -2.60. The number of hydrogen-bond donors (Lipinski definition) is 2. The summed E-state index contributed by atoms with van der Waals surface area (Å²) in [5.41, 5.74) is 6.43. The standard InChI is InChI=1S/C10H10F2N4O4/c11-6-4-7(12)8(16(19)20)3-5(6)10(18)9(17)1-2-14-15-13/h3-4,9-10,17-18H,1-2H2. The predicted octanol–water partition coefficient (Wildman–Crippen LogP) is 1.97. The molecule has 2 N–H and O–H groups in total. The second kappa shape index (κ2) is 6.75. The third-order valence-corrected chi connectivity index (χ3v) is 2.53. The van der Waals surface area contributed by atoms with Crippen LogP contribution in [0, 0.1) is 21.7 Å². The number of benzene rings is 1. The van der Waals surface area contributed by atoms with Gasteiger partial charge >= 0.3 is 5.69 Å². The summed E-state index contributed by atoms with van der Waals surface area (Å²) in [6.07, 6.45) is -3.50. The Morgan fingerprint density at radius 1 is 1.40 bits per heavy atom. The topological polar surface area (TPSA) is 132 Å². The maximum absolute atomic E-state index is 13.5. The van der Waals surface area contributed by atoms with E-state index in [1.165, 1.54) is 0 Å². The van der Waals surface area contributed by atoms with Crippen LogP contribution in [0.1, 0.15) is 18.1 Å². The van der Waals surface area contributed by atoms with Crippen molar-refractivity contribution in [3.05, 3.63) is 49.9 Å². The summed E-state index contributed by atoms with van der Waals surface area (Å²) in [6.45, 7) is -0.153. The van der Waals surface area contributed by atoms with Gasteiger partial charge in [0, 0.05) is 29.2 Å². The summed E-state index contributed by atoms with van der Waals surface area (Å²) in [5, 5.41) is 32.9. The van der Waals surface area contributed by atoms with Crippen molar-refractivity contribution in [3.63, 3.8) is 0 Å². The van der Waals surface area contributed by atoms with Crippen molar-refractivity contribution in [2.24, 2.45) is 5.11 Å². The Hall–Kier alpha value is -2.29. The molecule has 0 bridgehead atoms. The summed E-state index contributed by atoms with van der Waals surface area (Å²) in [4.78, 5) is 11.9. The summed E-state index contributed by atoms with van der Waals surface area (Å²) >= 11 is 0. The minimum Gasteiger partial charge on any atom is -0.390 e. The van der Waals surface area contributed by atoms with Crippen molar-refractivity contribution in [3.8, 4) is 0 Å². The summed E-state index contributed by atoms with van der Waals surface area (Å²) in [7, 11) is 0. The van der Waals surface area contributed by atoms with Crippen LogP contribution in [0.3, 0.4) is 0 Å². The highest BCUT2D eigenvalue weighted by atomic mass is 19.1. The number of rotatable bonds is 6. The fourth-order valence-corrected chi connectivity index (χ4v) is 1.52. The van der Waals surface area contributed by atoms with Gasteiger partial charge in [0.15, 0.2) is 0 Å². The Balaban J connectivity index is 3.02. The first-order valence-electron chi connectivity index (χ1n) is 5.38. The molecule has 108 valence electrons. The molecule has 1 rings (SSSR count).